The Balaban J connectivity index is 4.17. The quantitative estimate of drug-likeness (QED) is 0.272. The van der Waals surface area contributed by atoms with Crippen molar-refractivity contribution in [3.63, 3.8) is 0 Å². The molecular weight excluding hydrogens is 182 g/mol. The van der Waals surface area contributed by atoms with Crippen molar-refractivity contribution in [1.82, 2.24) is 0 Å². The second-order valence-electron chi connectivity index (χ2n) is 2.56. The zero-order chi connectivity index (χ0) is 10.6. The SMILES string of the molecule is C[NH+](C)OC(=[O+])[C@H](O)[C@@H](O)C(=O)O. The van der Waals surface area contributed by atoms with E-state index in [1.165, 1.54) is 14.1 Å². The molecule has 0 aromatic rings. The third kappa shape index (κ3) is 3.83. The number of carbonyl (C=O) groups is 2. The van der Waals surface area contributed by atoms with Crippen molar-refractivity contribution in [1.29, 1.82) is 0 Å². The zero-order valence-electron chi connectivity index (χ0n) is 7.22. The minimum absolute atomic E-state index is 0.252. The number of nitrogens with one attached hydrogen (secondary N) is 1. The van der Waals surface area contributed by atoms with Gasteiger partial charge < -0.3 is 15.3 Å². The molecule has 0 bridgehead atoms. The van der Waals surface area contributed by atoms with E-state index in [9.17, 15) is 9.59 Å². The number of hydrogen-bond acceptors (Lipinski definition) is 5. The van der Waals surface area contributed by atoms with Gasteiger partial charge in [0.2, 0.25) is 0 Å². The summed E-state index contributed by atoms with van der Waals surface area (Å²) in [5, 5.41) is 26.1. The van der Waals surface area contributed by atoms with Crippen LogP contribution in [0.2, 0.25) is 0 Å². The topological polar surface area (TPSA) is 111 Å². The molecule has 0 aliphatic carbocycles. The summed E-state index contributed by atoms with van der Waals surface area (Å²) in [5.41, 5.74) is 0. The Morgan fingerprint density at radius 1 is 1.38 bits per heavy atom. The molecule has 0 heterocycles. The second-order valence-corrected chi connectivity index (χ2v) is 2.56. The van der Waals surface area contributed by atoms with Crippen LogP contribution in [-0.2, 0) is 14.4 Å². The van der Waals surface area contributed by atoms with Crippen molar-refractivity contribution >= 4 is 11.9 Å². The molecule has 0 saturated carbocycles. The van der Waals surface area contributed by atoms with Gasteiger partial charge in [0.05, 0.1) is 4.79 Å². The number of hydrogen-bond donors (Lipinski definition) is 4. The average Bonchev–Trinajstić information content (AvgIpc) is 2.00. The first-order chi connectivity index (χ1) is 5.86. The number of aliphatic hydroxyl groups is 2. The van der Waals surface area contributed by atoms with Crippen molar-refractivity contribution in [2.75, 3.05) is 14.1 Å². The minimum Gasteiger partial charge on any atom is -0.479 e. The second kappa shape index (κ2) is 4.75. The van der Waals surface area contributed by atoms with Gasteiger partial charge in [-0.1, -0.05) is 9.90 Å². The Hall–Kier alpha value is -1.18. The first kappa shape index (κ1) is 11.8. The van der Waals surface area contributed by atoms with E-state index in [1.54, 1.807) is 0 Å². The molecule has 0 rings (SSSR count). The monoisotopic (exact) mass is 194 g/mol. The molecule has 1 radical (unpaired) electrons. The van der Waals surface area contributed by atoms with Crippen LogP contribution in [0.15, 0.2) is 0 Å². The highest BCUT2D eigenvalue weighted by Gasteiger charge is 2.43. The molecule has 0 spiro atoms. The maximum absolute atomic E-state index is 10.8. The predicted octanol–water partition coefficient (Wildman–Crippen LogP) is -3.60. The normalized spacial score (nSPS) is 15.2. The number of rotatable bonds is 4. The molecule has 13 heavy (non-hydrogen) atoms. The highest BCUT2D eigenvalue weighted by atomic mass is 16.7. The molecule has 0 aromatic heterocycles. The lowest BCUT2D eigenvalue weighted by Gasteiger charge is -2.05. The summed E-state index contributed by atoms with van der Waals surface area (Å²) in [6.07, 6.45) is -4.22. The Labute approximate surface area is 74.1 Å². The Bertz CT molecular complexity index is 203. The number of hydroxylamine groups is 2. The van der Waals surface area contributed by atoms with Gasteiger partial charge in [-0.15, -0.1) is 0 Å². The standard InChI is InChI=1S/C6H11NO6/c1-7(2)13-6(12)4(9)3(8)5(10)11/h3-4,8-9H,1-2H3,(H,10,11)/q+1/p+1/t3-,4-/m1/s1. The molecule has 0 unspecified atom stereocenters. The number of carboxylic acids is 1. The summed E-state index contributed by atoms with van der Waals surface area (Å²) in [4.78, 5) is 25.3. The Kier molecular flexibility index (Phi) is 4.32. The van der Waals surface area contributed by atoms with Gasteiger partial charge in [-0.25, -0.2) is 4.79 Å². The van der Waals surface area contributed by atoms with Gasteiger partial charge in [-0.2, -0.15) is 0 Å². The molecule has 75 valence electrons. The molecule has 0 aliphatic heterocycles. The lowest BCUT2D eigenvalue weighted by Crippen LogP contribution is -3.05. The van der Waals surface area contributed by atoms with Gasteiger partial charge in [0.25, 0.3) is 6.10 Å². The van der Waals surface area contributed by atoms with Crippen LogP contribution >= 0.6 is 0 Å². The van der Waals surface area contributed by atoms with Crippen molar-refractivity contribution in [2.45, 2.75) is 12.2 Å². The van der Waals surface area contributed by atoms with Crippen LogP contribution in [0.3, 0.4) is 0 Å². The predicted molar refractivity (Wildman–Crippen MR) is 38.6 cm³/mol. The van der Waals surface area contributed by atoms with E-state index in [4.69, 9.17) is 15.3 Å². The fourth-order valence-corrected chi connectivity index (χ4v) is 0.526. The van der Waals surface area contributed by atoms with Crippen LogP contribution in [0, 0.1) is 0 Å². The fourth-order valence-electron chi connectivity index (χ4n) is 0.526. The summed E-state index contributed by atoms with van der Waals surface area (Å²) in [7, 11) is 2.91. The number of aliphatic carboxylic acids is 1. The fraction of sp³-hybridized carbons (Fsp3) is 0.667. The molecule has 7 heteroatoms. The van der Waals surface area contributed by atoms with E-state index >= 15 is 0 Å². The van der Waals surface area contributed by atoms with Crippen molar-refractivity contribution in [2.24, 2.45) is 0 Å². The Morgan fingerprint density at radius 3 is 2.15 bits per heavy atom. The third-order valence-corrected chi connectivity index (χ3v) is 1.10. The van der Waals surface area contributed by atoms with Crippen LogP contribution < -0.4 is 5.06 Å². The molecular formula is C6H12NO6+2. The maximum atomic E-state index is 10.8. The number of carbonyl (C=O) groups excluding carboxylic acids is 1. The van der Waals surface area contributed by atoms with Crippen LogP contribution in [0.25, 0.3) is 0 Å². The number of carboxylic acid groups (broad SMARTS) is 1. The molecule has 2 atom stereocenters. The van der Waals surface area contributed by atoms with E-state index in [-0.39, 0.29) is 5.06 Å². The molecule has 0 saturated heterocycles. The van der Waals surface area contributed by atoms with Crippen LogP contribution in [0.5, 0.6) is 0 Å². The summed E-state index contributed by atoms with van der Waals surface area (Å²) in [5.74, 6) is -2.87. The number of aliphatic hydroxyl groups excluding tert-OH is 2. The van der Waals surface area contributed by atoms with Crippen molar-refractivity contribution in [3.05, 3.63) is 0 Å². The summed E-state index contributed by atoms with van der Waals surface area (Å²) in [6, 6.07) is 0. The molecule has 0 aromatic carbocycles. The van der Waals surface area contributed by atoms with E-state index in [0.29, 0.717) is 0 Å². The lowest BCUT2D eigenvalue weighted by molar-refractivity contribution is -1.04. The van der Waals surface area contributed by atoms with Crippen LogP contribution in [0.4, 0.5) is 0 Å². The van der Waals surface area contributed by atoms with Gasteiger partial charge in [-0.05, 0) is 0 Å². The molecule has 4 N–H and O–H groups in total. The van der Waals surface area contributed by atoms with Gasteiger partial charge >= 0.3 is 11.9 Å². The highest BCUT2D eigenvalue weighted by Crippen LogP contribution is 1.94. The average molecular weight is 194 g/mol. The zero-order valence-corrected chi connectivity index (χ0v) is 7.22. The molecule has 0 aliphatic rings. The first-order valence-electron chi connectivity index (χ1n) is 3.47. The van der Waals surface area contributed by atoms with E-state index in [2.05, 4.69) is 4.84 Å². The first-order valence-corrected chi connectivity index (χ1v) is 3.47. The van der Waals surface area contributed by atoms with E-state index in [0.717, 1.165) is 0 Å². The van der Waals surface area contributed by atoms with Crippen LogP contribution in [-0.4, -0.2) is 53.6 Å². The largest absolute Gasteiger partial charge is 0.669 e. The van der Waals surface area contributed by atoms with Crippen LogP contribution in [0.1, 0.15) is 0 Å². The molecule has 7 nitrogen and oxygen atoms in total. The van der Waals surface area contributed by atoms with Gasteiger partial charge in [0, 0.05) is 0 Å². The maximum Gasteiger partial charge on any atom is 0.669 e. The molecule has 0 fully saturated rings. The summed E-state index contributed by atoms with van der Waals surface area (Å²) < 4.78 is 0. The number of quaternary nitrogens is 1. The molecule has 0 amide bonds. The van der Waals surface area contributed by atoms with Crippen molar-refractivity contribution < 1.29 is 34.8 Å². The lowest BCUT2D eigenvalue weighted by atomic mass is 10.2. The third-order valence-electron chi connectivity index (χ3n) is 1.10. The van der Waals surface area contributed by atoms with E-state index in [1.807, 2.05) is 0 Å². The minimum atomic E-state index is -2.16. The van der Waals surface area contributed by atoms with E-state index < -0.39 is 24.1 Å². The summed E-state index contributed by atoms with van der Waals surface area (Å²) in [6.45, 7) is 0. The van der Waals surface area contributed by atoms with Crippen molar-refractivity contribution in [3.8, 4) is 0 Å². The summed E-state index contributed by atoms with van der Waals surface area (Å²) >= 11 is 0. The van der Waals surface area contributed by atoms with Gasteiger partial charge in [0.15, 0.2) is 6.10 Å². The smallest absolute Gasteiger partial charge is 0.479 e. The van der Waals surface area contributed by atoms with Gasteiger partial charge in [0.1, 0.15) is 14.1 Å². The highest BCUT2D eigenvalue weighted by molar-refractivity contribution is 5.83. The van der Waals surface area contributed by atoms with Gasteiger partial charge in [-0.3, -0.25) is 0 Å². The Morgan fingerprint density at radius 2 is 1.85 bits per heavy atom.